The number of para-hydroxylation sites is 4. The molecule has 0 fully saturated rings. The zero-order valence-corrected chi connectivity index (χ0v) is 96.3. The van der Waals surface area contributed by atoms with Crippen LogP contribution in [0.15, 0.2) is 121 Å². The smallest absolute Gasteiger partial charge is 0.287 e. The molecule has 0 atom stereocenters. The highest BCUT2D eigenvalue weighted by Crippen LogP contribution is 2.63. The number of benzene rings is 8. The van der Waals surface area contributed by atoms with Crippen molar-refractivity contribution in [3.63, 3.8) is 0 Å². The van der Waals surface area contributed by atoms with Gasteiger partial charge in [0.05, 0.1) is 127 Å². The molecule has 8 aromatic carbocycles. The molecule has 149 heavy (non-hydrogen) atoms. The molecule has 7 aromatic heterocycles. The molecule has 0 saturated carbocycles. The number of H-pyrrole nitrogens is 1. The third-order valence-electron chi connectivity index (χ3n) is 29.4. The summed E-state index contributed by atoms with van der Waals surface area (Å²) in [7, 11) is 0. The van der Waals surface area contributed by atoms with Gasteiger partial charge in [-0.15, -0.1) is 27.7 Å². The fourth-order valence-corrected chi connectivity index (χ4v) is 25.7. The highest BCUT2D eigenvalue weighted by atomic mass is 32.2. The molecular weight excluding hydrogens is 1940 g/mol. The third kappa shape index (κ3) is 22.3. The lowest BCUT2D eigenvalue weighted by Gasteiger charge is -2.37. The summed E-state index contributed by atoms with van der Waals surface area (Å²) in [5.74, 6) is 6.48. The lowest BCUT2D eigenvalue weighted by molar-refractivity contribution is -0.717. The minimum atomic E-state index is 0.174. The van der Waals surface area contributed by atoms with Gasteiger partial charge in [-0.05, 0) is 196 Å². The molecule has 798 valence electrons. The summed E-state index contributed by atoms with van der Waals surface area (Å²) in [5.41, 5.74) is 13.7. The van der Waals surface area contributed by atoms with Crippen molar-refractivity contribution in [1.29, 1.82) is 0 Å². The van der Waals surface area contributed by atoms with Gasteiger partial charge in [0.15, 0.2) is 40.4 Å². The average molecular weight is 2100 g/mol. The Hall–Kier alpha value is -10.2. The van der Waals surface area contributed by atoms with Gasteiger partial charge in [0.2, 0.25) is 11.3 Å². The van der Waals surface area contributed by atoms with Crippen LogP contribution in [0.5, 0.6) is 34.5 Å². The number of aromatic amines is 1. The first-order valence-electron chi connectivity index (χ1n) is 55.8. The lowest BCUT2D eigenvalue weighted by Crippen LogP contribution is -2.34. The van der Waals surface area contributed by atoms with Crippen LogP contribution in [0.1, 0.15) is 216 Å². The van der Waals surface area contributed by atoms with Crippen LogP contribution < -0.4 is 42.8 Å². The fourth-order valence-electron chi connectivity index (χ4n) is 20.8. The Labute approximate surface area is 897 Å². The van der Waals surface area contributed by atoms with Crippen LogP contribution in [0.4, 0.5) is 22.7 Å². The van der Waals surface area contributed by atoms with E-state index in [1.807, 2.05) is 9.15 Å². The van der Waals surface area contributed by atoms with Crippen molar-refractivity contribution in [3.8, 4) is 57.3 Å². The Balaban J connectivity index is 1.18. The van der Waals surface area contributed by atoms with E-state index in [2.05, 4.69) is 307 Å². The van der Waals surface area contributed by atoms with Crippen LogP contribution in [0.25, 0.3) is 130 Å². The predicted molar refractivity (Wildman–Crippen MR) is 620 cm³/mol. The SMILES string of the molecule is CCN(CC)CCN1c2ccccc2Sc2c(COCC(C)C)c3c(c(OCCC(C)C)c21)-c1nc-3nc2[nH]c(nc3c4c(OCCC(C)C)c5c(sc6ccccc6n5CCN(CC)CC)c(OCCC(C)C)c4c4nc5c6c(OCCC(C)C)c7c(sc8ccccc8n7CCN(CC)CC)c(OCCC(C)C)c6c(n1)n5o[n+]43)c1c(OCCC(C)C)c3c(c(COCC(C)C)c21)N(CCN(CC)CC)c1ccccc1S3. The number of likely N-dealkylation sites (N-methyl/N-ethyl adjacent to an activating group) is 4. The number of rotatable bonds is 52. The Kier molecular flexibility index (Phi) is 35.3. The molecule has 6 bridgehead atoms. The number of nitrogens with one attached hydrogen (secondary N) is 1. The monoisotopic (exact) mass is 2100 g/mol. The Morgan fingerprint density at radius 3 is 1.22 bits per heavy atom. The van der Waals surface area contributed by atoms with Gasteiger partial charge < -0.3 is 81.4 Å². The molecule has 0 amide bonds. The molecule has 29 heteroatoms. The van der Waals surface area contributed by atoms with Gasteiger partial charge in [-0.1, -0.05) is 243 Å². The summed E-state index contributed by atoms with van der Waals surface area (Å²) in [6.07, 6.45) is 4.47. The molecule has 1 N–H and O–H groups in total. The molecule has 0 spiro atoms. The van der Waals surface area contributed by atoms with Crippen molar-refractivity contribution in [2.75, 3.05) is 154 Å². The van der Waals surface area contributed by atoms with Crippen LogP contribution in [0, 0.1) is 47.3 Å². The molecule has 0 unspecified atom stereocenters. The van der Waals surface area contributed by atoms with Crippen molar-refractivity contribution in [3.05, 3.63) is 108 Å². The predicted octanol–water partition coefficient (Wildman–Crippen LogP) is 29.0. The summed E-state index contributed by atoms with van der Waals surface area (Å²) in [4.78, 5) is 56.1. The Bertz CT molecular complexity index is 7430. The van der Waals surface area contributed by atoms with E-state index in [1.54, 1.807) is 46.2 Å². The van der Waals surface area contributed by atoms with Gasteiger partial charge in [0, 0.05) is 102 Å². The largest absolute Gasteiger partial charge is 0.491 e. The van der Waals surface area contributed by atoms with Crippen LogP contribution in [0.3, 0.4) is 0 Å². The molecule has 3 aliphatic heterocycles. The van der Waals surface area contributed by atoms with Gasteiger partial charge in [0.25, 0.3) is 16.9 Å². The standard InChI is InChI=1S/C120H160N16O9S4/c1-25-127(26-2)55-59-131-83-41-33-38-46-88(83)147-110-99(131)81(71-137-69-79(21)22)91-94(106(110)142-66-52-76(15)16)116-122-113(91)121-114-92-82(72-138-70-80(23)24)109-100(132(60-56-128(27-3)28-4)84-42-34-37-45-87(84)146-109)103(139-63-49-73(9)10)93(92)115(123-114)124-118-97-96(105(141-65-51-75(13)14)102-111(107(97)143-67-53-77(17)18)148-89-47-39-36-44-86(89)134(102)62-58-130(31-7)32-8)119-126-120-98-95(117(125-116)135(120)145-136(118)119)104(140-64-50-74(11)12)101-112(108(98)144-68-54-78(19)20)149-90-48-40-35-43-85(90)133(101)61-57-129(29-5)30-6/h33-48,73-80H,25-32,49-72H2,1-24H3/p+1. The van der Waals surface area contributed by atoms with Gasteiger partial charge in [-0.2, -0.15) is 9.61 Å². The molecule has 18 rings (SSSR count). The maximum absolute atomic E-state index is 8.63. The van der Waals surface area contributed by atoms with Crippen LogP contribution in [0.2, 0.25) is 0 Å². The molecule has 3 aliphatic rings. The van der Waals surface area contributed by atoms with Gasteiger partial charge in [0.1, 0.15) is 38.6 Å². The maximum atomic E-state index is 8.63. The van der Waals surface area contributed by atoms with E-state index >= 15 is 0 Å². The zero-order chi connectivity index (χ0) is 105. The number of nitrogens with zero attached hydrogens (tertiary/aromatic N) is 15. The van der Waals surface area contributed by atoms with Gasteiger partial charge in [-0.25, -0.2) is 9.97 Å². The number of ether oxygens (including phenoxy) is 8. The molecule has 0 aliphatic carbocycles. The average Bonchev–Trinajstić information content (AvgIpc) is 1.51. The first-order chi connectivity index (χ1) is 72.2. The highest BCUT2D eigenvalue weighted by molar-refractivity contribution is 8.00. The second-order valence-corrected chi connectivity index (χ2v) is 47.8. The summed E-state index contributed by atoms with van der Waals surface area (Å²) in [5, 5.41) is 4.05. The normalized spacial score (nSPS) is 13.2. The zero-order valence-electron chi connectivity index (χ0n) is 93.0. The minimum absolute atomic E-state index is 0.174. The lowest BCUT2D eigenvalue weighted by atomic mass is 9.97. The van der Waals surface area contributed by atoms with Crippen molar-refractivity contribution in [1.82, 2.24) is 63.2 Å². The van der Waals surface area contributed by atoms with E-state index < -0.39 is 0 Å². The molecular formula is C120H161N16O9S4+. The summed E-state index contributed by atoms with van der Waals surface area (Å²) >= 11 is 6.96. The number of hydrogen-bond donors (Lipinski definition) is 1. The number of hydrogen-bond acceptors (Lipinski definition) is 24. The Morgan fingerprint density at radius 2 is 0.738 bits per heavy atom. The second kappa shape index (κ2) is 48.4. The molecule has 25 nitrogen and oxygen atoms in total. The first kappa shape index (κ1) is 109. The van der Waals surface area contributed by atoms with E-state index in [1.165, 1.54) is 0 Å². The van der Waals surface area contributed by atoms with E-state index in [0.29, 0.717) is 192 Å². The summed E-state index contributed by atoms with van der Waals surface area (Å²) in [6, 6.07) is 35.5. The second-order valence-electron chi connectivity index (χ2n) is 43.6. The number of fused-ring (bicyclic) bond motifs is 24. The molecule has 10 heterocycles. The van der Waals surface area contributed by atoms with E-state index in [4.69, 9.17) is 67.4 Å². The van der Waals surface area contributed by atoms with Crippen LogP contribution >= 0.6 is 46.2 Å². The molecule has 15 aromatic rings. The van der Waals surface area contributed by atoms with Crippen molar-refractivity contribution < 1.29 is 47.1 Å². The van der Waals surface area contributed by atoms with Crippen LogP contribution in [-0.4, -0.2) is 208 Å². The van der Waals surface area contributed by atoms with Gasteiger partial charge in [-0.3, -0.25) is 0 Å². The maximum Gasteiger partial charge on any atom is 0.287 e. The van der Waals surface area contributed by atoms with Crippen molar-refractivity contribution in [2.24, 2.45) is 47.3 Å². The third-order valence-corrected chi connectivity index (χ3v) is 34.1. The fraction of sp³-hybridized carbons (Fsp3) is 0.533. The van der Waals surface area contributed by atoms with Crippen molar-refractivity contribution >= 4 is 176 Å². The molecule has 0 radical (unpaired) electrons. The molecule has 0 saturated heterocycles. The first-order valence-corrected chi connectivity index (χ1v) is 59.0. The van der Waals surface area contributed by atoms with E-state index in [-0.39, 0.29) is 60.6 Å². The number of anilines is 4. The van der Waals surface area contributed by atoms with Gasteiger partial charge >= 0.3 is 0 Å². The summed E-state index contributed by atoms with van der Waals surface area (Å²) in [6.45, 7) is 70.3. The van der Waals surface area contributed by atoms with E-state index in [9.17, 15) is 0 Å². The Morgan fingerprint density at radius 1 is 0.356 bits per heavy atom. The van der Waals surface area contributed by atoms with E-state index in [0.717, 1.165) is 222 Å². The minimum Gasteiger partial charge on any atom is -0.491 e. The number of aromatic nitrogens is 10. The summed E-state index contributed by atoms with van der Waals surface area (Å²) < 4.78 is 84.2. The topological polar surface area (TPSA) is 205 Å². The highest BCUT2D eigenvalue weighted by Gasteiger charge is 2.44. The van der Waals surface area contributed by atoms with Crippen molar-refractivity contribution in [2.45, 2.75) is 251 Å². The quantitative estimate of drug-likeness (QED) is 0.0278. The van der Waals surface area contributed by atoms with Crippen LogP contribution in [-0.2, 0) is 35.8 Å².